The molecule has 0 aromatic rings. The first kappa shape index (κ1) is 15.8. The van der Waals surface area contributed by atoms with Crippen molar-refractivity contribution < 1.29 is 20.5 Å². The fourth-order valence-corrected chi connectivity index (χ4v) is 11.7. The van der Waals surface area contributed by atoms with E-state index in [0.29, 0.717) is 0 Å². The van der Waals surface area contributed by atoms with Gasteiger partial charge in [-0.25, -0.2) is 0 Å². The Hall–Kier alpha value is -0.301. The molecule has 0 bridgehead atoms. The number of carbonyl (C=O) groups excluding carboxylic acids is 2. The van der Waals surface area contributed by atoms with Gasteiger partial charge in [0.05, 0.1) is 0 Å². The van der Waals surface area contributed by atoms with Crippen molar-refractivity contribution in [2.75, 3.05) is 13.2 Å². The van der Waals surface area contributed by atoms with E-state index in [-0.39, 0.29) is 25.2 Å². The number of unbranched alkanes of at least 4 members (excludes halogenated alkanes) is 2. The fourth-order valence-electron chi connectivity index (χ4n) is 1.93. The van der Waals surface area contributed by atoms with E-state index in [0.717, 1.165) is 34.6 Å². The van der Waals surface area contributed by atoms with E-state index >= 15 is 0 Å². The summed E-state index contributed by atoms with van der Waals surface area (Å²) in [7, 11) is 0. The predicted octanol–water partition coefficient (Wildman–Crippen LogP) is 2.15. The van der Waals surface area contributed by atoms with Crippen LogP contribution in [0.2, 0.25) is 8.87 Å². The Morgan fingerprint density at radius 1 is 0.944 bits per heavy atom. The predicted molar refractivity (Wildman–Crippen MR) is 68.2 cm³/mol. The summed E-state index contributed by atoms with van der Waals surface area (Å²) < 4.78 is 17.5. The van der Waals surface area contributed by atoms with E-state index in [4.69, 9.17) is 10.9 Å². The first-order chi connectivity index (χ1) is 8.62. The third kappa shape index (κ3) is 5.14. The molecule has 0 N–H and O–H groups in total. The van der Waals surface area contributed by atoms with Gasteiger partial charge in [-0.2, -0.15) is 0 Å². The van der Waals surface area contributed by atoms with Crippen molar-refractivity contribution in [2.24, 2.45) is 0 Å². The molecule has 0 spiro atoms. The summed E-state index contributed by atoms with van der Waals surface area (Å²) in [6, 6.07) is 0. The van der Waals surface area contributed by atoms with Crippen LogP contribution in [0.5, 0.6) is 0 Å². The Balaban J connectivity index is 2.78. The van der Waals surface area contributed by atoms with Crippen molar-refractivity contribution >= 4 is 31.1 Å². The Kier molecular flexibility index (Phi) is 6.99. The zero-order valence-corrected chi connectivity index (χ0v) is 14.1. The first-order valence-corrected chi connectivity index (χ1v) is 13.0. The quantitative estimate of drug-likeness (QED) is 0.676. The van der Waals surface area contributed by atoms with Crippen LogP contribution >= 0.6 is 0 Å². The van der Waals surface area contributed by atoms with Crippen LogP contribution in [-0.2, 0) is 20.5 Å². The summed E-state index contributed by atoms with van der Waals surface area (Å²) in [5.41, 5.74) is 0. The number of ether oxygens (including phenoxy) is 1. The van der Waals surface area contributed by atoms with Crippen LogP contribution in [-0.4, -0.2) is 44.4 Å². The molecule has 1 heterocycles. The number of rotatable bonds is 6. The van der Waals surface area contributed by atoms with E-state index in [1.54, 1.807) is 0 Å². The first-order valence-electron chi connectivity index (χ1n) is 6.63. The van der Waals surface area contributed by atoms with E-state index < -0.39 is 19.2 Å². The monoisotopic (exact) mass is 366 g/mol. The molecule has 0 amide bonds. The maximum absolute atomic E-state index is 11.6. The topological polar surface area (TPSA) is 61.8 Å². The normalized spacial score (nSPS) is 19.7. The van der Waals surface area contributed by atoms with Crippen LogP contribution in [0.25, 0.3) is 0 Å². The van der Waals surface area contributed by atoms with Gasteiger partial charge in [-0.1, -0.05) is 0 Å². The van der Waals surface area contributed by atoms with Gasteiger partial charge in [-0.15, -0.1) is 0 Å². The molecule has 0 aromatic carbocycles. The van der Waals surface area contributed by atoms with Crippen molar-refractivity contribution in [2.45, 2.75) is 48.4 Å². The molecule has 1 saturated heterocycles. The minimum atomic E-state index is -3.55. The molecule has 5 nitrogen and oxygen atoms in total. The molecule has 1 aliphatic rings. The standard InChI is InChI=1S/C4H6O5.2C4H9.Sn/c5-3(6)1-9-2-4(7)8;2*1-3-4-2;/h1-2H2,(H,5,6)(H,7,8);2*1,3-4H2,2H3;/q;;;+2/p-2. The molecular formula is C12H22O5Sn. The molecule has 0 saturated carbocycles. The molecule has 0 aromatic heterocycles. The van der Waals surface area contributed by atoms with Gasteiger partial charge in [0.1, 0.15) is 0 Å². The fraction of sp³-hybridized carbons (Fsp3) is 0.833. The zero-order valence-electron chi connectivity index (χ0n) is 11.2. The summed E-state index contributed by atoms with van der Waals surface area (Å²) in [4.78, 5) is 23.2. The van der Waals surface area contributed by atoms with Gasteiger partial charge < -0.3 is 0 Å². The van der Waals surface area contributed by atoms with Crippen LogP contribution in [0.15, 0.2) is 0 Å². The third-order valence-corrected chi connectivity index (χ3v) is 12.7. The molecule has 18 heavy (non-hydrogen) atoms. The molecule has 104 valence electrons. The van der Waals surface area contributed by atoms with Gasteiger partial charge in [0.25, 0.3) is 0 Å². The summed E-state index contributed by atoms with van der Waals surface area (Å²) in [6.45, 7) is 3.89. The summed E-state index contributed by atoms with van der Waals surface area (Å²) in [6.07, 6.45) is 3.91. The van der Waals surface area contributed by atoms with Gasteiger partial charge in [0, 0.05) is 0 Å². The van der Waals surface area contributed by atoms with E-state index in [1.807, 2.05) is 0 Å². The van der Waals surface area contributed by atoms with E-state index in [9.17, 15) is 9.59 Å². The molecule has 0 radical (unpaired) electrons. The molecule has 1 aliphatic heterocycles. The van der Waals surface area contributed by atoms with Gasteiger partial charge >= 0.3 is 113 Å². The second kappa shape index (κ2) is 7.99. The van der Waals surface area contributed by atoms with Crippen LogP contribution in [0.1, 0.15) is 39.5 Å². The van der Waals surface area contributed by atoms with Crippen molar-refractivity contribution in [3.05, 3.63) is 0 Å². The van der Waals surface area contributed by atoms with Crippen molar-refractivity contribution in [3.8, 4) is 0 Å². The van der Waals surface area contributed by atoms with Gasteiger partial charge in [-0.05, 0) is 0 Å². The van der Waals surface area contributed by atoms with Crippen molar-refractivity contribution in [1.29, 1.82) is 0 Å². The summed E-state index contributed by atoms with van der Waals surface area (Å²) >= 11 is -3.55. The Morgan fingerprint density at radius 2 is 1.39 bits per heavy atom. The number of hydrogen-bond donors (Lipinski definition) is 0. The van der Waals surface area contributed by atoms with Crippen molar-refractivity contribution in [3.63, 3.8) is 0 Å². The molecule has 1 fully saturated rings. The van der Waals surface area contributed by atoms with Crippen molar-refractivity contribution in [1.82, 2.24) is 0 Å². The Bertz CT molecular complexity index is 264. The minimum absolute atomic E-state index is 0.133. The summed E-state index contributed by atoms with van der Waals surface area (Å²) in [5, 5.41) is 0. The van der Waals surface area contributed by atoms with Crippen LogP contribution < -0.4 is 0 Å². The average Bonchev–Trinajstić information content (AvgIpc) is 2.32. The Morgan fingerprint density at radius 3 is 1.78 bits per heavy atom. The van der Waals surface area contributed by atoms with Crippen LogP contribution in [0, 0.1) is 0 Å². The second-order valence-corrected chi connectivity index (χ2v) is 13.8. The SMILES string of the molecule is CCC[CH2][Sn]1([CH2]CCC)[O]C(=O)COCC(=O)[O]1. The molecular weight excluding hydrogens is 343 g/mol. The van der Waals surface area contributed by atoms with Crippen LogP contribution in [0.4, 0.5) is 0 Å². The van der Waals surface area contributed by atoms with Gasteiger partial charge in [-0.3, -0.25) is 0 Å². The second-order valence-electron chi connectivity index (χ2n) is 4.56. The third-order valence-electron chi connectivity index (χ3n) is 2.86. The average molecular weight is 365 g/mol. The summed E-state index contributed by atoms with van der Waals surface area (Å²) in [5.74, 6) is -0.740. The van der Waals surface area contributed by atoms with E-state index in [2.05, 4.69) is 13.8 Å². The van der Waals surface area contributed by atoms with Crippen LogP contribution in [0.3, 0.4) is 0 Å². The molecule has 6 heteroatoms. The zero-order chi connectivity index (χ0) is 13.4. The molecule has 0 aliphatic carbocycles. The van der Waals surface area contributed by atoms with Gasteiger partial charge in [0.15, 0.2) is 0 Å². The van der Waals surface area contributed by atoms with E-state index in [1.165, 1.54) is 0 Å². The molecule has 1 rings (SSSR count). The van der Waals surface area contributed by atoms with Gasteiger partial charge in [0.2, 0.25) is 0 Å². The molecule has 0 atom stereocenters. The number of hydrogen-bond acceptors (Lipinski definition) is 5. The molecule has 0 unspecified atom stereocenters. The maximum atomic E-state index is 11.6. The number of carbonyl (C=O) groups is 2. The Labute approximate surface area is 113 Å².